The van der Waals surface area contributed by atoms with E-state index in [2.05, 4.69) is 29.0 Å². The fourth-order valence-electron chi connectivity index (χ4n) is 4.70. The maximum atomic E-state index is 13.8. The number of aryl methyl sites for hydroxylation is 1. The molecule has 0 aliphatic carbocycles. The summed E-state index contributed by atoms with van der Waals surface area (Å²) in [6.07, 6.45) is -2.71. The molecule has 2 atom stereocenters. The lowest BCUT2D eigenvalue weighted by Gasteiger charge is -2.29. The number of aromatic nitrogens is 2. The van der Waals surface area contributed by atoms with Gasteiger partial charge in [0.15, 0.2) is 5.11 Å². The minimum atomic E-state index is -4.45. The molecule has 2 aromatic heterocycles. The highest BCUT2D eigenvalue weighted by atomic mass is 32.1. The summed E-state index contributed by atoms with van der Waals surface area (Å²) >= 11 is 5.69. The Morgan fingerprint density at radius 2 is 1.79 bits per heavy atom. The van der Waals surface area contributed by atoms with Gasteiger partial charge in [0.2, 0.25) is 0 Å². The Kier molecular flexibility index (Phi) is 6.22. The SMILES string of the molecule is Cc1cc([C@@H]2[C@H](c3ccccn3)NC(=S)N2CC(C)C)c(C)n1-c1ccccc1C(F)(F)F. The summed E-state index contributed by atoms with van der Waals surface area (Å²) in [7, 11) is 0. The lowest BCUT2D eigenvalue weighted by atomic mass is 9.96. The molecule has 0 saturated carbocycles. The van der Waals surface area contributed by atoms with Crippen LogP contribution >= 0.6 is 12.2 Å². The van der Waals surface area contributed by atoms with Gasteiger partial charge in [-0.25, -0.2) is 0 Å². The molecule has 1 N–H and O–H groups in total. The Bertz CT molecular complexity index is 1150. The molecule has 0 bridgehead atoms. The summed E-state index contributed by atoms with van der Waals surface area (Å²) in [6.45, 7) is 8.68. The van der Waals surface area contributed by atoms with E-state index < -0.39 is 11.7 Å². The third-order valence-corrected chi connectivity index (χ3v) is 6.35. The summed E-state index contributed by atoms with van der Waals surface area (Å²) < 4.78 is 43.1. The van der Waals surface area contributed by atoms with Gasteiger partial charge in [-0.15, -0.1) is 0 Å². The summed E-state index contributed by atoms with van der Waals surface area (Å²) in [4.78, 5) is 6.68. The topological polar surface area (TPSA) is 33.1 Å². The van der Waals surface area contributed by atoms with Crippen molar-refractivity contribution in [2.45, 2.75) is 46.0 Å². The van der Waals surface area contributed by atoms with Crippen LogP contribution in [-0.2, 0) is 6.18 Å². The molecular weight excluding hydrogens is 445 g/mol. The molecule has 0 unspecified atom stereocenters. The first kappa shape index (κ1) is 23.3. The number of nitrogens with zero attached hydrogens (tertiary/aromatic N) is 3. The first-order valence-electron chi connectivity index (χ1n) is 10.9. The summed E-state index contributed by atoms with van der Waals surface area (Å²) in [5.74, 6) is 0.351. The number of halogens is 3. The predicted octanol–water partition coefficient (Wildman–Crippen LogP) is 6.14. The van der Waals surface area contributed by atoms with Crippen molar-refractivity contribution in [1.29, 1.82) is 0 Å². The van der Waals surface area contributed by atoms with Crippen molar-refractivity contribution in [3.8, 4) is 5.69 Å². The van der Waals surface area contributed by atoms with Gasteiger partial charge in [-0.2, -0.15) is 13.2 Å². The maximum absolute atomic E-state index is 13.8. The van der Waals surface area contributed by atoms with E-state index in [4.69, 9.17) is 12.2 Å². The molecule has 4 nitrogen and oxygen atoms in total. The summed E-state index contributed by atoms with van der Waals surface area (Å²) in [5, 5.41) is 4.04. The summed E-state index contributed by atoms with van der Waals surface area (Å²) in [5.41, 5.74) is 2.75. The van der Waals surface area contributed by atoms with Gasteiger partial charge in [0.25, 0.3) is 0 Å². The Morgan fingerprint density at radius 3 is 2.42 bits per heavy atom. The lowest BCUT2D eigenvalue weighted by Crippen LogP contribution is -2.33. The van der Waals surface area contributed by atoms with Gasteiger partial charge in [-0.3, -0.25) is 4.98 Å². The van der Waals surface area contributed by atoms with E-state index in [-0.39, 0.29) is 17.8 Å². The van der Waals surface area contributed by atoms with E-state index in [1.165, 1.54) is 12.1 Å². The Morgan fingerprint density at radius 1 is 1.09 bits per heavy atom. The van der Waals surface area contributed by atoms with Crippen molar-refractivity contribution in [2.75, 3.05) is 6.54 Å². The number of benzene rings is 1. The molecule has 3 aromatic rings. The molecule has 33 heavy (non-hydrogen) atoms. The Labute approximate surface area is 197 Å². The molecule has 1 aromatic carbocycles. The van der Waals surface area contributed by atoms with Gasteiger partial charge in [-0.1, -0.05) is 32.0 Å². The number of rotatable bonds is 5. The predicted molar refractivity (Wildman–Crippen MR) is 127 cm³/mol. The zero-order chi connectivity index (χ0) is 23.9. The number of hydrogen-bond acceptors (Lipinski definition) is 2. The third-order valence-electron chi connectivity index (χ3n) is 6.00. The Hall–Kier alpha value is -2.87. The molecule has 1 saturated heterocycles. The highest BCUT2D eigenvalue weighted by Gasteiger charge is 2.42. The largest absolute Gasteiger partial charge is 0.418 e. The van der Waals surface area contributed by atoms with Crippen LogP contribution in [0.4, 0.5) is 13.2 Å². The summed E-state index contributed by atoms with van der Waals surface area (Å²) in [6, 6.07) is 13.0. The van der Waals surface area contributed by atoms with Crippen LogP contribution in [0, 0.1) is 19.8 Å². The van der Waals surface area contributed by atoms with Crippen LogP contribution in [0.15, 0.2) is 54.7 Å². The average molecular weight is 473 g/mol. The highest BCUT2D eigenvalue weighted by Crippen LogP contribution is 2.43. The number of thiocarbonyl (C=S) groups is 1. The zero-order valence-electron chi connectivity index (χ0n) is 19.0. The molecule has 174 valence electrons. The van der Waals surface area contributed by atoms with Crippen LogP contribution in [0.2, 0.25) is 0 Å². The van der Waals surface area contributed by atoms with Crippen molar-refractivity contribution < 1.29 is 13.2 Å². The highest BCUT2D eigenvalue weighted by molar-refractivity contribution is 7.80. The number of para-hydroxylation sites is 1. The zero-order valence-corrected chi connectivity index (χ0v) is 19.8. The van der Waals surface area contributed by atoms with Crippen LogP contribution in [0.5, 0.6) is 0 Å². The van der Waals surface area contributed by atoms with Crippen molar-refractivity contribution in [3.05, 3.63) is 82.9 Å². The monoisotopic (exact) mass is 472 g/mol. The normalized spacial score (nSPS) is 18.8. The smallest absolute Gasteiger partial charge is 0.352 e. The quantitative estimate of drug-likeness (QED) is 0.453. The van der Waals surface area contributed by atoms with E-state index >= 15 is 0 Å². The second-order valence-electron chi connectivity index (χ2n) is 8.85. The van der Waals surface area contributed by atoms with E-state index in [9.17, 15) is 13.2 Å². The first-order chi connectivity index (χ1) is 15.6. The standard InChI is InChI=1S/C25H27F3N4S/c1-15(2)14-31-23(22(30-24(31)33)20-10-7-8-12-29-20)18-13-16(3)32(17(18)4)21-11-6-5-9-19(21)25(26,27)28/h5-13,15,22-23H,14H2,1-4H3,(H,30,33)/t22-,23+/m0/s1. The van der Waals surface area contributed by atoms with E-state index in [1.54, 1.807) is 16.8 Å². The van der Waals surface area contributed by atoms with E-state index in [0.717, 1.165) is 35.3 Å². The number of pyridine rings is 1. The van der Waals surface area contributed by atoms with Gasteiger partial charge in [-0.05, 0) is 67.9 Å². The minimum absolute atomic E-state index is 0.129. The average Bonchev–Trinajstić information content (AvgIpc) is 3.23. The molecule has 4 rings (SSSR count). The molecule has 1 aliphatic heterocycles. The number of hydrogen-bond donors (Lipinski definition) is 1. The third kappa shape index (κ3) is 4.36. The van der Waals surface area contributed by atoms with Crippen molar-refractivity contribution in [2.24, 2.45) is 5.92 Å². The first-order valence-corrected chi connectivity index (χ1v) is 11.3. The van der Waals surface area contributed by atoms with Crippen LogP contribution in [0.3, 0.4) is 0 Å². The lowest BCUT2D eigenvalue weighted by molar-refractivity contribution is -0.137. The molecular formula is C25H27F3N4S. The van der Waals surface area contributed by atoms with Crippen molar-refractivity contribution >= 4 is 17.3 Å². The molecule has 0 amide bonds. The fraction of sp³-hybridized carbons (Fsp3) is 0.360. The number of alkyl halides is 3. The van der Waals surface area contributed by atoms with Gasteiger partial charge >= 0.3 is 6.18 Å². The van der Waals surface area contributed by atoms with E-state index in [1.807, 2.05) is 38.1 Å². The molecule has 3 heterocycles. The van der Waals surface area contributed by atoms with Crippen LogP contribution in [-0.4, -0.2) is 26.1 Å². The van der Waals surface area contributed by atoms with Gasteiger partial charge in [0.1, 0.15) is 0 Å². The maximum Gasteiger partial charge on any atom is 0.418 e. The van der Waals surface area contributed by atoms with Crippen LogP contribution in [0.1, 0.15) is 54.1 Å². The minimum Gasteiger partial charge on any atom is -0.352 e. The Balaban J connectivity index is 1.88. The fourth-order valence-corrected chi connectivity index (χ4v) is 5.02. The van der Waals surface area contributed by atoms with Crippen LogP contribution < -0.4 is 5.32 Å². The molecule has 1 fully saturated rings. The van der Waals surface area contributed by atoms with Gasteiger partial charge in [0.05, 0.1) is 29.0 Å². The van der Waals surface area contributed by atoms with E-state index in [0.29, 0.717) is 11.0 Å². The molecule has 1 aliphatic rings. The van der Waals surface area contributed by atoms with Gasteiger partial charge < -0.3 is 14.8 Å². The number of nitrogens with one attached hydrogen (secondary N) is 1. The molecule has 0 spiro atoms. The second-order valence-corrected chi connectivity index (χ2v) is 9.24. The van der Waals surface area contributed by atoms with Crippen molar-refractivity contribution in [1.82, 2.24) is 19.8 Å². The van der Waals surface area contributed by atoms with Crippen molar-refractivity contribution in [3.63, 3.8) is 0 Å². The van der Waals surface area contributed by atoms with Crippen LogP contribution in [0.25, 0.3) is 5.69 Å². The molecule has 0 radical (unpaired) electrons. The van der Waals surface area contributed by atoms with Gasteiger partial charge in [0, 0.05) is 24.1 Å². The second kappa shape index (κ2) is 8.82. The molecule has 8 heteroatoms.